The number of aliphatic carboxylic acids is 1. The van der Waals surface area contributed by atoms with Crippen molar-refractivity contribution in [3.05, 3.63) is 12.1 Å². The lowest BCUT2D eigenvalue weighted by Gasteiger charge is -2.07. The van der Waals surface area contributed by atoms with Gasteiger partial charge >= 0.3 is 5.97 Å². The van der Waals surface area contributed by atoms with Gasteiger partial charge in [0.2, 0.25) is 5.88 Å². The van der Waals surface area contributed by atoms with Crippen molar-refractivity contribution in [3.8, 4) is 5.88 Å². The fourth-order valence-corrected chi connectivity index (χ4v) is 3.05. The normalized spacial score (nSPS) is 11.0. The Balaban J connectivity index is 2.34. The number of hydrogen-bond acceptors (Lipinski definition) is 6. The zero-order valence-electron chi connectivity index (χ0n) is 11.9. The number of methoxy groups -OCH3 is 1. The van der Waals surface area contributed by atoms with E-state index in [1.54, 1.807) is 24.9 Å². The Labute approximate surface area is 131 Å². The topological polar surface area (TPSA) is 77.2 Å². The first-order valence-corrected chi connectivity index (χ1v) is 8.78. The van der Waals surface area contributed by atoms with Gasteiger partial charge in [0.05, 0.1) is 12.9 Å². The third-order valence-electron chi connectivity index (χ3n) is 2.80. The molecule has 0 aliphatic rings. The summed E-state index contributed by atoms with van der Waals surface area (Å²) in [7, 11) is 1.57. The van der Waals surface area contributed by atoms with Gasteiger partial charge in [0, 0.05) is 12.6 Å². The van der Waals surface area contributed by atoms with Gasteiger partial charge in [-0.15, -0.1) is 0 Å². The molecule has 0 fully saturated rings. The number of ether oxygens (including phenoxy) is 1. The minimum absolute atomic E-state index is 0.0109. The first-order valence-electron chi connectivity index (χ1n) is 6.40. The van der Waals surface area contributed by atoms with E-state index in [4.69, 9.17) is 9.84 Å². The summed E-state index contributed by atoms with van der Waals surface area (Å²) in [6.45, 7) is 0.763. The summed E-state index contributed by atoms with van der Waals surface area (Å²) < 4.78 is 7.13. The molecule has 0 spiro atoms. The average Bonchev–Trinajstić information content (AvgIpc) is 2.82. The van der Waals surface area contributed by atoms with Crippen LogP contribution in [-0.4, -0.2) is 50.5 Å². The molecule has 2 aromatic rings. The molecule has 21 heavy (non-hydrogen) atoms. The number of hydrogen-bond donors (Lipinski definition) is 1. The Bertz CT molecular complexity index is 630. The van der Waals surface area contributed by atoms with E-state index in [0.717, 1.165) is 29.9 Å². The van der Waals surface area contributed by atoms with E-state index in [9.17, 15) is 4.79 Å². The highest BCUT2D eigenvalue weighted by atomic mass is 32.2. The van der Waals surface area contributed by atoms with E-state index in [1.165, 1.54) is 11.8 Å². The highest BCUT2D eigenvalue weighted by Crippen LogP contribution is 2.25. The van der Waals surface area contributed by atoms with E-state index < -0.39 is 5.97 Å². The Kier molecular flexibility index (Phi) is 5.75. The molecule has 2 aromatic heterocycles. The second kappa shape index (κ2) is 7.56. The minimum Gasteiger partial charge on any atom is -0.481 e. The minimum atomic E-state index is -0.853. The molecular weight excluding hydrogens is 310 g/mol. The second-order valence-corrected chi connectivity index (χ2v) is 6.20. The maximum absolute atomic E-state index is 10.8. The highest BCUT2D eigenvalue weighted by Gasteiger charge is 2.14. The Hall–Kier alpha value is -1.41. The number of imidazole rings is 1. The van der Waals surface area contributed by atoms with Crippen LogP contribution in [0, 0.1) is 0 Å². The van der Waals surface area contributed by atoms with Gasteiger partial charge in [0.15, 0.2) is 10.8 Å². The molecule has 0 aliphatic carbocycles. The van der Waals surface area contributed by atoms with Gasteiger partial charge in [-0.3, -0.25) is 4.79 Å². The fourth-order valence-electron chi connectivity index (χ4n) is 1.88. The van der Waals surface area contributed by atoms with E-state index in [-0.39, 0.29) is 5.75 Å². The summed E-state index contributed by atoms with van der Waals surface area (Å²) in [5, 5.41) is 9.53. The average molecular weight is 327 g/mol. The molecule has 114 valence electrons. The van der Waals surface area contributed by atoms with Crippen molar-refractivity contribution >= 4 is 40.7 Å². The molecule has 0 bridgehead atoms. The Morgan fingerprint density at radius 2 is 2.24 bits per heavy atom. The van der Waals surface area contributed by atoms with Crippen LogP contribution in [0.4, 0.5) is 0 Å². The van der Waals surface area contributed by atoms with Gasteiger partial charge in [0.25, 0.3) is 0 Å². The Morgan fingerprint density at radius 3 is 2.90 bits per heavy atom. The third kappa shape index (κ3) is 4.04. The van der Waals surface area contributed by atoms with Crippen molar-refractivity contribution in [2.45, 2.75) is 18.1 Å². The van der Waals surface area contributed by atoms with Gasteiger partial charge in [0.1, 0.15) is 5.52 Å². The largest absolute Gasteiger partial charge is 0.481 e. The summed E-state index contributed by atoms with van der Waals surface area (Å²) in [4.78, 5) is 19.7. The van der Waals surface area contributed by atoms with Gasteiger partial charge in [-0.2, -0.15) is 16.7 Å². The number of fused-ring (bicyclic) bond motifs is 1. The summed E-state index contributed by atoms with van der Waals surface area (Å²) in [5.41, 5.74) is 1.50. The lowest BCUT2D eigenvalue weighted by Crippen LogP contribution is -2.05. The van der Waals surface area contributed by atoms with Gasteiger partial charge in [-0.05, 0) is 24.5 Å². The number of carboxylic acids is 1. The highest BCUT2D eigenvalue weighted by molar-refractivity contribution is 7.99. The number of rotatable bonds is 8. The monoisotopic (exact) mass is 327 g/mol. The molecule has 0 radical (unpaired) electrons. The van der Waals surface area contributed by atoms with E-state index in [1.807, 2.05) is 10.6 Å². The van der Waals surface area contributed by atoms with Crippen LogP contribution < -0.4 is 4.74 Å². The van der Waals surface area contributed by atoms with Crippen molar-refractivity contribution < 1.29 is 14.6 Å². The number of carbonyl (C=O) groups is 1. The Morgan fingerprint density at radius 1 is 1.43 bits per heavy atom. The fraction of sp³-hybridized carbons (Fsp3) is 0.462. The van der Waals surface area contributed by atoms with Gasteiger partial charge in [-0.1, -0.05) is 11.8 Å². The predicted molar refractivity (Wildman–Crippen MR) is 85.4 cm³/mol. The zero-order chi connectivity index (χ0) is 15.2. The van der Waals surface area contributed by atoms with Crippen LogP contribution in [0.1, 0.15) is 6.42 Å². The molecule has 6 nitrogen and oxygen atoms in total. The second-order valence-electron chi connectivity index (χ2n) is 4.27. The standard InChI is InChI=1S/C13H17N3O3S2/c1-19-10-5-4-9-12(15-10)16(6-3-7-20-2)13(14-9)21-8-11(17)18/h4-5H,3,6-8H2,1-2H3,(H,17,18). The first-order chi connectivity index (χ1) is 10.2. The molecule has 8 heteroatoms. The zero-order valence-corrected chi connectivity index (χ0v) is 13.5. The van der Waals surface area contributed by atoms with Crippen molar-refractivity contribution in [2.24, 2.45) is 0 Å². The van der Waals surface area contributed by atoms with Crippen molar-refractivity contribution in [2.75, 3.05) is 24.9 Å². The van der Waals surface area contributed by atoms with Crippen LogP contribution in [0.3, 0.4) is 0 Å². The van der Waals surface area contributed by atoms with Gasteiger partial charge in [-0.25, -0.2) is 4.98 Å². The number of thioether (sulfide) groups is 2. The van der Waals surface area contributed by atoms with Crippen LogP contribution in [0.2, 0.25) is 0 Å². The number of aryl methyl sites for hydroxylation is 1. The molecule has 1 N–H and O–H groups in total. The van der Waals surface area contributed by atoms with Crippen molar-refractivity contribution in [1.82, 2.24) is 14.5 Å². The molecule has 0 saturated heterocycles. The van der Waals surface area contributed by atoms with E-state index >= 15 is 0 Å². The lowest BCUT2D eigenvalue weighted by molar-refractivity contribution is -0.133. The number of pyridine rings is 1. The summed E-state index contributed by atoms with van der Waals surface area (Å²) in [5.74, 6) is 0.701. The van der Waals surface area contributed by atoms with E-state index in [2.05, 4.69) is 16.2 Å². The number of carboxylic acid groups (broad SMARTS) is 1. The summed E-state index contributed by atoms with van der Waals surface area (Å²) in [6.07, 6.45) is 3.04. The molecule has 0 amide bonds. The molecule has 0 aliphatic heterocycles. The lowest BCUT2D eigenvalue weighted by atomic mass is 10.4. The molecule has 0 aromatic carbocycles. The van der Waals surface area contributed by atoms with Crippen LogP contribution >= 0.6 is 23.5 Å². The molecule has 0 atom stereocenters. The van der Waals surface area contributed by atoms with Crippen LogP contribution in [0.5, 0.6) is 5.88 Å². The van der Waals surface area contributed by atoms with Crippen LogP contribution in [0.15, 0.2) is 17.3 Å². The molecule has 0 saturated carbocycles. The maximum Gasteiger partial charge on any atom is 0.313 e. The predicted octanol–water partition coefficient (Wildman–Crippen LogP) is 2.37. The number of nitrogens with zero attached hydrogens (tertiary/aromatic N) is 3. The third-order valence-corrected chi connectivity index (χ3v) is 4.45. The van der Waals surface area contributed by atoms with Crippen molar-refractivity contribution in [1.29, 1.82) is 0 Å². The van der Waals surface area contributed by atoms with Crippen LogP contribution in [0.25, 0.3) is 11.2 Å². The van der Waals surface area contributed by atoms with Crippen molar-refractivity contribution in [3.63, 3.8) is 0 Å². The molecular formula is C13H17N3O3S2. The van der Waals surface area contributed by atoms with Gasteiger partial charge < -0.3 is 14.4 Å². The van der Waals surface area contributed by atoms with Crippen LogP contribution in [-0.2, 0) is 11.3 Å². The molecule has 2 rings (SSSR count). The quantitative estimate of drug-likeness (QED) is 0.589. The first kappa shape index (κ1) is 16.0. The summed E-state index contributed by atoms with van der Waals surface area (Å²) >= 11 is 3.00. The molecule has 2 heterocycles. The SMILES string of the molecule is COc1ccc2nc(SCC(=O)O)n(CCCSC)c2n1. The maximum atomic E-state index is 10.8. The number of aromatic nitrogens is 3. The molecule has 0 unspecified atom stereocenters. The van der Waals surface area contributed by atoms with E-state index in [0.29, 0.717) is 11.0 Å². The summed E-state index contributed by atoms with van der Waals surface area (Å²) in [6, 6.07) is 3.60. The smallest absolute Gasteiger partial charge is 0.313 e.